The van der Waals surface area contributed by atoms with Crippen molar-refractivity contribution in [3.05, 3.63) is 5.82 Å². The molecular weight excluding hydrogens is 238 g/mol. The summed E-state index contributed by atoms with van der Waals surface area (Å²) in [6.45, 7) is 7.96. The lowest BCUT2D eigenvalue weighted by Crippen LogP contribution is -2.45. The van der Waals surface area contributed by atoms with Crippen molar-refractivity contribution in [1.29, 1.82) is 0 Å². The van der Waals surface area contributed by atoms with Gasteiger partial charge < -0.3 is 10.2 Å². The fraction of sp³-hybridized carbons (Fsp3) is 0.857. The summed E-state index contributed by atoms with van der Waals surface area (Å²) in [6.07, 6.45) is 3.85. The number of H-pyrrole nitrogens is 1. The van der Waals surface area contributed by atoms with E-state index in [1.807, 2.05) is 0 Å². The maximum Gasteiger partial charge on any atom is 0.245 e. The van der Waals surface area contributed by atoms with E-state index in [0.717, 1.165) is 37.3 Å². The normalized spacial score (nSPS) is 36.3. The number of fused-ring (bicyclic) bond motifs is 1. The summed E-state index contributed by atoms with van der Waals surface area (Å²) in [4.78, 5) is 7.20. The Morgan fingerprint density at radius 2 is 2.16 bits per heavy atom. The molecule has 3 aliphatic rings. The molecule has 0 amide bonds. The molecule has 5 heteroatoms. The fourth-order valence-corrected chi connectivity index (χ4v) is 3.80. The molecule has 2 N–H and O–H groups in total. The lowest BCUT2D eigenvalue weighted by atomic mass is 9.92. The van der Waals surface area contributed by atoms with Crippen LogP contribution in [0.2, 0.25) is 0 Å². The van der Waals surface area contributed by atoms with Gasteiger partial charge in [0.15, 0.2) is 0 Å². The molecular formula is C14H23N5. The van der Waals surface area contributed by atoms with Gasteiger partial charge in [0.05, 0.1) is 0 Å². The second-order valence-electron chi connectivity index (χ2n) is 7.09. The third kappa shape index (κ3) is 1.86. The minimum absolute atomic E-state index is 0.413. The number of aromatic nitrogens is 3. The van der Waals surface area contributed by atoms with E-state index < -0.39 is 0 Å². The predicted octanol–water partition coefficient (Wildman–Crippen LogP) is 1.51. The minimum atomic E-state index is 0.413. The van der Waals surface area contributed by atoms with E-state index in [9.17, 15) is 0 Å². The molecule has 1 saturated carbocycles. The lowest BCUT2D eigenvalue weighted by molar-refractivity contribution is 0.381. The molecule has 19 heavy (non-hydrogen) atoms. The number of anilines is 1. The molecule has 3 atom stereocenters. The van der Waals surface area contributed by atoms with Crippen LogP contribution in [0.1, 0.15) is 44.9 Å². The highest BCUT2D eigenvalue weighted by Crippen LogP contribution is 2.57. The molecule has 3 heterocycles. The lowest BCUT2D eigenvalue weighted by Gasteiger charge is -2.36. The summed E-state index contributed by atoms with van der Waals surface area (Å²) in [5, 5.41) is 11.2. The number of hydrogen-bond donors (Lipinski definition) is 2. The van der Waals surface area contributed by atoms with Crippen LogP contribution >= 0.6 is 0 Å². The first kappa shape index (κ1) is 11.7. The first-order valence-corrected chi connectivity index (χ1v) is 7.55. The van der Waals surface area contributed by atoms with Crippen LogP contribution in [0.15, 0.2) is 0 Å². The number of nitrogens with one attached hydrogen (secondary N) is 2. The van der Waals surface area contributed by atoms with E-state index in [4.69, 9.17) is 4.98 Å². The zero-order valence-electron chi connectivity index (χ0n) is 11.8. The molecule has 3 fully saturated rings. The van der Waals surface area contributed by atoms with Crippen molar-refractivity contribution in [3.8, 4) is 0 Å². The Balaban J connectivity index is 1.55. The van der Waals surface area contributed by atoms with E-state index in [1.54, 1.807) is 0 Å². The maximum atomic E-state index is 4.78. The maximum absolute atomic E-state index is 4.78. The van der Waals surface area contributed by atoms with Crippen LogP contribution in [0.3, 0.4) is 0 Å². The molecule has 4 rings (SSSR count). The number of nitrogens with zero attached hydrogens (tertiary/aromatic N) is 3. The van der Waals surface area contributed by atoms with Crippen molar-refractivity contribution in [1.82, 2.24) is 20.5 Å². The third-order valence-corrected chi connectivity index (χ3v) is 5.27. The zero-order valence-corrected chi connectivity index (χ0v) is 11.8. The largest absolute Gasteiger partial charge is 0.335 e. The Labute approximate surface area is 114 Å². The van der Waals surface area contributed by atoms with Gasteiger partial charge in [0, 0.05) is 31.6 Å². The molecule has 1 aromatic heterocycles. The second-order valence-corrected chi connectivity index (χ2v) is 7.09. The van der Waals surface area contributed by atoms with Gasteiger partial charge in [-0.25, -0.2) is 0 Å². The van der Waals surface area contributed by atoms with Crippen LogP contribution in [0.5, 0.6) is 0 Å². The van der Waals surface area contributed by atoms with Crippen LogP contribution in [0, 0.1) is 11.3 Å². The summed E-state index contributed by atoms with van der Waals surface area (Å²) in [5.74, 6) is 3.38. The number of rotatable bonds is 2. The second kappa shape index (κ2) is 3.95. The summed E-state index contributed by atoms with van der Waals surface area (Å²) in [7, 11) is 0. The Morgan fingerprint density at radius 1 is 1.32 bits per heavy atom. The van der Waals surface area contributed by atoms with Crippen LogP contribution in [0.25, 0.3) is 0 Å². The molecule has 3 unspecified atom stereocenters. The quantitative estimate of drug-likeness (QED) is 0.847. The van der Waals surface area contributed by atoms with Crippen molar-refractivity contribution in [3.63, 3.8) is 0 Å². The first-order chi connectivity index (χ1) is 9.15. The van der Waals surface area contributed by atoms with Crippen LogP contribution < -0.4 is 10.2 Å². The van der Waals surface area contributed by atoms with E-state index in [1.165, 1.54) is 19.3 Å². The van der Waals surface area contributed by atoms with Gasteiger partial charge in [-0.15, -0.1) is 5.10 Å². The van der Waals surface area contributed by atoms with Crippen molar-refractivity contribution in [2.45, 2.75) is 45.1 Å². The molecule has 5 nitrogen and oxygen atoms in total. The van der Waals surface area contributed by atoms with Crippen LogP contribution in [-0.2, 0) is 0 Å². The number of aromatic amines is 1. The summed E-state index contributed by atoms with van der Waals surface area (Å²) < 4.78 is 0. The van der Waals surface area contributed by atoms with Gasteiger partial charge in [-0.2, -0.15) is 4.98 Å². The highest BCUT2D eigenvalue weighted by Gasteiger charge is 2.49. The van der Waals surface area contributed by atoms with Gasteiger partial charge >= 0.3 is 0 Å². The van der Waals surface area contributed by atoms with E-state index in [2.05, 4.69) is 34.3 Å². The molecule has 2 aliphatic heterocycles. The van der Waals surface area contributed by atoms with E-state index in [0.29, 0.717) is 17.4 Å². The first-order valence-electron chi connectivity index (χ1n) is 7.55. The van der Waals surface area contributed by atoms with Crippen LogP contribution in [-0.4, -0.2) is 40.9 Å². The van der Waals surface area contributed by atoms with Gasteiger partial charge in [0.2, 0.25) is 5.95 Å². The average molecular weight is 261 g/mol. The highest BCUT2D eigenvalue weighted by atomic mass is 15.4. The minimum Gasteiger partial charge on any atom is -0.335 e. The SMILES string of the molecule is CC1(C)CC1c1nc(N2CCCC3CNCC32)n[nH]1. The summed E-state index contributed by atoms with van der Waals surface area (Å²) >= 11 is 0. The van der Waals surface area contributed by atoms with Crippen LogP contribution in [0.4, 0.5) is 5.95 Å². The van der Waals surface area contributed by atoms with E-state index >= 15 is 0 Å². The Hall–Kier alpha value is -1.10. The highest BCUT2D eigenvalue weighted by molar-refractivity contribution is 5.35. The smallest absolute Gasteiger partial charge is 0.245 e. The van der Waals surface area contributed by atoms with Gasteiger partial charge in [-0.3, -0.25) is 5.10 Å². The number of piperidine rings is 1. The van der Waals surface area contributed by atoms with Gasteiger partial charge in [-0.05, 0) is 30.6 Å². The fourth-order valence-electron chi connectivity index (χ4n) is 3.80. The molecule has 1 aromatic rings. The Bertz CT molecular complexity index is 480. The van der Waals surface area contributed by atoms with Gasteiger partial charge in [-0.1, -0.05) is 13.8 Å². The van der Waals surface area contributed by atoms with Gasteiger partial charge in [0.25, 0.3) is 0 Å². The monoisotopic (exact) mass is 261 g/mol. The van der Waals surface area contributed by atoms with Crippen molar-refractivity contribution in [2.24, 2.45) is 11.3 Å². The zero-order chi connectivity index (χ0) is 13.0. The Morgan fingerprint density at radius 3 is 2.95 bits per heavy atom. The molecule has 2 saturated heterocycles. The number of hydrogen-bond acceptors (Lipinski definition) is 4. The Kier molecular flexibility index (Phi) is 2.43. The molecule has 0 bridgehead atoms. The molecule has 0 aromatic carbocycles. The molecule has 104 valence electrons. The van der Waals surface area contributed by atoms with Crippen molar-refractivity contribution in [2.75, 3.05) is 24.5 Å². The molecule has 0 spiro atoms. The summed E-state index contributed by atoms with van der Waals surface area (Å²) in [5.41, 5.74) is 0.413. The summed E-state index contributed by atoms with van der Waals surface area (Å²) in [6, 6.07) is 0.601. The average Bonchev–Trinajstić information content (AvgIpc) is 2.84. The topological polar surface area (TPSA) is 56.8 Å². The van der Waals surface area contributed by atoms with Crippen molar-refractivity contribution < 1.29 is 0 Å². The standard InChI is InChI=1S/C14H23N5/c1-14(2)6-10(14)12-16-13(18-17-12)19-5-3-4-9-7-15-8-11(9)19/h9-11,15H,3-8H2,1-2H3,(H,16,17,18). The molecule has 0 radical (unpaired) electrons. The predicted molar refractivity (Wildman–Crippen MR) is 74.2 cm³/mol. The van der Waals surface area contributed by atoms with Crippen molar-refractivity contribution >= 4 is 5.95 Å². The van der Waals surface area contributed by atoms with E-state index in [-0.39, 0.29) is 0 Å². The van der Waals surface area contributed by atoms with Gasteiger partial charge in [0.1, 0.15) is 5.82 Å². The third-order valence-electron chi connectivity index (χ3n) is 5.27. The molecule has 1 aliphatic carbocycles.